The average molecular weight is 330 g/mol. The molecule has 118 valence electrons. The summed E-state index contributed by atoms with van der Waals surface area (Å²) < 4.78 is 1.63. The van der Waals surface area contributed by atoms with Crippen LogP contribution in [0.3, 0.4) is 0 Å². The van der Waals surface area contributed by atoms with Crippen LogP contribution in [-0.4, -0.2) is 36.1 Å². The van der Waals surface area contributed by atoms with Crippen molar-refractivity contribution in [1.82, 2.24) is 25.0 Å². The van der Waals surface area contributed by atoms with Crippen LogP contribution >= 0.6 is 11.8 Å². The van der Waals surface area contributed by atoms with Gasteiger partial charge >= 0.3 is 0 Å². The minimum atomic E-state index is -0.431. The lowest BCUT2D eigenvalue weighted by molar-refractivity contribution is -0.384. The lowest BCUT2D eigenvalue weighted by Crippen LogP contribution is -2.00. The summed E-state index contributed by atoms with van der Waals surface area (Å²) in [6.45, 7) is 2.07. The van der Waals surface area contributed by atoms with Crippen LogP contribution in [0.4, 0.5) is 5.69 Å². The maximum absolute atomic E-state index is 10.8. The van der Waals surface area contributed by atoms with E-state index >= 15 is 0 Å². The van der Waals surface area contributed by atoms with Gasteiger partial charge in [-0.3, -0.25) is 10.1 Å². The lowest BCUT2D eigenvalue weighted by Gasteiger charge is -2.01. The summed E-state index contributed by atoms with van der Waals surface area (Å²) in [5, 5.41) is 24.2. The molecule has 0 atom stereocenters. The molecule has 0 saturated carbocycles. The van der Waals surface area contributed by atoms with E-state index in [1.807, 2.05) is 6.26 Å². The molecule has 0 saturated heterocycles. The third-order valence-electron chi connectivity index (χ3n) is 3.32. The minimum absolute atomic E-state index is 0.0351. The smallest absolute Gasteiger partial charge is 0.258 e. The number of hydrogen-bond donors (Lipinski definition) is 0. The van der Waals surface area contributed by atoms with Crippen molar-refractivity contribution < 1.29 is 4.92 Å². The van der Waals surface area contributed by atoms with Crippen molar-refractivity contribution in [2.24, 2.45) is 0 Å². The Morgan fingerprint density at radius 3 is 2.61 bits per heavy atom. The third kappa shape index (κ3) is 2.87. The zero-order valence-corrected chi connectivity index (χ0v) is 13.4. The topological polar surface area (TPSA) is 99.6 Å². The van der Waals surface area contributed by atoms with E-state index in [9.17, 15) is 10.1 Å². The molecule has 0 radical (unpaired) electrons. The second-order valence-corrected chi connectivity index (χ2v) is 5.63. The number of aromatic nitrogens is 5. The van der Waals surface area contributed by atoms with E-state index in [1.165, 1.54) is 23.9 Å². The van der Waals surface area contributed by atoms with Gasteiger partial charge in [0.15, 0.2) is 0 Å². The van der Waals surface area contributed by atoms with Gasteiger partial charge in [-0.15, -0.1) is 10.2 Å². The molecule has 0 fully saturated rings. The van der Waals surface area contributed by atoms with Crippen LogP contribution in [0.5, 0.6) is 0 Å². The zero-order chi connectivity index (χ0) is 16.4. The first-order valence-corrected chi connectivity index (χ1v) is 8.27. The third-order valence-corrected chi connectivity index (χ3v) is 3.86. The summed E-state index contributed by atoms with van der Waals surface area (Å²) in [7, 11) is 0. The van der Waals surface area contributed by atoms with Gasteiger partial charge in [0.05, 0.1) is 16.3 Å². The highest BCUT2D eigenvalue weighted by Gasteiger charge is 2.16. The number of nitro benzene ring substituents is 1. The van der Waals surface area contributed by atoms with Crippen LogP contribution in [0.2, 0.25) is 0 Å². The van der Waals surface area contributed by atoms with Crippen LogP contribution in [-0.2, 0) is 6.42 Å². The number of aryl methyl sites for hydroxylation is 1. The van der Waals surface area contributed by atoms with E-state index in [2.05, 4.69) is 27.2 Å². The predicted octanol–water partition coefficient (Wildman–Crippen LogP) is 2.79. The van der Waals surface area contributed by atoms with Gasteiger partial charge in [-0.05, 0) is 24.8 Å². The van der Waals surface area contributed by atoms with E-state index in [1.54, 1.807) is 16.8 Å². The van der Waals surface area contributed by atoms with Gasteiger partial charge in [-0.1, -0.05) is 25.1 Å². The molecule has 0 spiro atoms. The molecule has 0 aliphatic rings. The highest BCUT2D eigenvalue weighted by atomic mass is 32.2. The highest BCUT2D eigenvalue weighted by Crippen LogP contribution is 2.22. The normalized spacial score (nSPS) is 11.0. The summed E-state index contributed by atoms with van der Waals surface area (Å²) in [4.78, 5) is 14.8. The SMILES string of the molecule is CCCc1nn(-c2ccc([N+](=O)[O-])cc2)c2nnc(SC)nc12. The Morgan fingerprint density at radius 2 is 2.00 bits per heavy atom. The van der Waals surface area contributed by atoms with E-state index in [4.69, 9.17) is 0 Å². The maximum atomic E-state index is 10.8. The molecule has 9 heteroatoms. The zero-order valence-electron chi connectivity index (χ0n) is 12.6. The second kappa shape index (κ2) is 6.29. The summed E-state index contributed by atoms with van der Waals surface area (Å²) >= 11 is 1.42. The van der Waals surface area contributed by atoms with Crippen molar-refractivity contribution in [2.75, 3.05) is 6.26 Å². The Labute approximate surface area is 136 Å². The van der Waals surface area contributed by atoms with Gasteiger partial charge in [0.1, 0.15) is 5.52 Å². The quantitative estimate of drug-likeness (QED) is 0.403. The number of nitrogens with zero attached hydrogens (tertiary/aromatic N) is 6. The maximum Gasteiger partial charge on any atom is 0.269 e. The molecule has 23 heavy (non-hydrogen) atoms. The average Bonchev–Trinajstić information content (AvgIpc) is 2.93. The Morgan fingerprint density at radius 1 is 1.26 bits per heavy atom. The van der Waals surface area contributed by atoms with Crippen LogP contribution in [0.15, 0.2) is 29.4 Å². The molecule has 3 rings (SSSR count). The van der Waals surface area contributed by atoms with Gasteiger partial charge in [-0.2, -0.15) is 5.10 Å². The predicted molar refractivity (Wildman–Crippen MR) is 86.9 cm³/mol. The van der Waals surface area contributed by atoms with Crippen molar-refractivity contribution in [3.05, 3.63) is 40.1 Å². The van der Waals surface area contributed by atoms with Gasteiger partial charge in [0, 0.05) is 12.1 Å². The molecule has 0 unspecified atom stereocenters. The van der Waals surface area contributed by atoms with Crippen LogP contribution in [0.25, 0.3) is 16.9 Å². The second-order valence-electron chi connectivity index (χ2n) is 4.85. The summed E-state index contributed by atoms with van der Waals surface area (Å²) in [6.07, 6.45) is 3.61. The number of non-ortho nitro benzene ring substituents is 1. The fourth-order valence-electron chi connectivity index (χ4n) is 2.24. The largest absolute Gasteiger partial charge is 0.269 e. The number of nitro groups is 1. The number of thioether (sulfide) groups is 1. The summed E-state index contributed by atoms with van der Waals surface area (Å²) in [5.41, 5.74) is 2.86. The van der Waals surface area contributed by atoms with E-state index in [-0.39, 0.29) is 5.69 Å². The Hall–Kier alpha value is -2.55. The van der Waals surface area contributed by atoms with Crippen molar-refractivity contribution in [2.45, 2.75) is 24.9 Å². The molecule has 0 aliphatic carbocycles. The minimum Gasteiger partial charge on any atom is -0.258 e. The summed E-state index contributed by atoms with van der Waals surface area (Å²) in [6, 6.07) is 6.17. The molecule has 2 aromatic heterocycles. The fourth-order valence-corrected chi connectivity index (χ4v) is 2.55. The molecule has 0 N–H and O–H groups in total. The molecule has 8 nitrogen and oxygen atoms in total. The molecule has 1 aromatic carbocycles. The van der Waals surface area contributed by atoms with Crippen molar-refractivity contribution in [1.29, 1.82) is 0 Å². The van der Waals surface area contributed by atoms with E-state index in [0.29, 0.717) is 16.5 Å². The number of fused-ring (bicyclic) bond motifs is 1. The van der Waals surface area contributed by atoms with Crippen molar-refractivity contribution in [3.63, 3.8) is 0 Å². The van der Waals surface area contributed by atoms with Crippen LogP contribution in [0, 0.1) is 10.1 Å². The summed E-state index contributed by atoms with van der Waals surface area (Å²) in [5.74, 6) is 0. The molecule has 0 bridgehead atoms. The fraction of sp³-hybridized carbons (Fsp3) is 0.286. The van der Waals surface area contributed by atoms with Crippen LogP contribution < -0.4 is 0 Å². The number of hydrogen-bond acceptors (Lipinski definition) is 7. The lowest BCUT2D eigenvalue weighted by atomic mass is 10.2. The standard InChI is InChI=1S/C14H14N6O2S/c1-3-4-11-12-13(16-17-14(15-12)23-2)19(18-11)9-5-7-10(8-6-9)20(21)22/h5-8H,3-4H2,1-2H3. The van der Waals surface area contributed by atoms with Gasteiger partial charge < -0.3 is 0 Å². The monoisotopic (exact) mass is 330 g/mol. The van der Waals surface area contributed by atoms with Gasteiger partial charge in [0.25, 0.3) is 5.69 Å². The Bertz CT molecular complexity index is 862. The van der Waals surface area contributed by atoms with Crippen molar-refractivity contribution in [3.8, 4) is 5.69 Å². The molecule has 0 aliphatic heterocycles. The molecule has 3 aromatic rings. The number of rotatable bonds is 5. The Kier molecular flexibility index (Phi) is 4.20. The molecular weight excluding hydrogens is 316 g/mol. The Balaban J connectivity index is 2.14. The first kappa shape index (κ1) is 15.3. The van der Waals surface area contributed by atoms with Crippen LogP contribution in [0.1, 0.15) is 19.0 Å². The highest BCUT2D eigenvalue weighted by molar-refractivity contribution is 7.98. The van der Waals surface area contributed by atoms with Gasteiger partial charge in [-0.25, -0.2) is 9.67 Å². The van der Waals surface area contributed by atoms with Gasteiger partial charge in [0.2, 0.25) is 10.8 Å². The molecule has 0 amide bonds. The van der Waals surface area contributed by atoms with E-state index < -0.39 is 4.92 Å². The molecule has 2 heterocycles. The first-order valence-electron chi connectivity index (χ1n) is 7.05. The number of benzene rings is 1. The van der Waals surface area contributed by atoms with E-state index in [0.717, 1.165) is 24.1 Å². The molecular formula is C14H14N6O2S. The van der Waals surface area contributed by atoms with Crippen molar-refractivity contribution >= 4 is 28.6 Å². The first-order chi connectivity index (χ1) is 11.1.